The molecule has 6 radical (unpaired) electrons. The zero-order chi connectivity index (χ0) is 0. The van der Waals surface area contributed by atoms with Gasteiger partial charge < -0.3 is 2.85 Å². The normalized spacial score (nSPS) is 0. The van der Waals surface area contributed by atoms with Gasteiger partial charge in [0.1, 0.15) is 0 Å². The molecule has 0 bridgehead atoms. The first-order chi connectivity index (χ1) is 0. The summed E-state index contributed by atoms with van der Waals surface area (Å²) in [5, 5.41) is 0. The Morgan fingerprint density at radius 2 is 1.20 bits per heavy atom. The van der Waals surface area contributed by atoms with Crippen LogP contribution in [-0.4, -0.2) is 55.3 Å². The average molecular weight is 529 g/mol. The van der Waals surface area contributed by atoms with Crippen molar-refractivity contribution >= 4 is 55.3 Å². The van der Waals surface area contributed by atoms with E-state index in [1.807, 2.05) is 0 Å². The molecule has 0 heterocycles. The third-order valence-corrected chi connectivity index (χ3v) is 0. The van der Waals surface area contributed by atoms with Gasteiger partial charge in [-0.15, -0.1) is 0 Å². The van der Waals surface area contributed by atoms with Crippen molar-refractivity contribution in [2.24, 2.45) is 0 Å². The standard InChI is InChI=1S/Ca.Ge.Lu.Sm.Y.2H/q+2;;;;;2*-1. The predicted octanol–water partition coefficient (Wildman–Crippen LogP) is -0.539. The monoisotopic (exact) mass is 532 g/mol. The fourth-order valence-electron chi connectivity index (χ4n) is 0. The Morgan fingerprint density at radius 1 is 1.20 bits per heavy atom. The second-order valence-corrected chi connectivity index (χ2v) is 0. The Balaban J connectivity index is 0. The molecule has 0 fully saturated rings. The summed E-state index contributed by atoms with van der Waals surface area (Å²) >= 11 is 0. The third-order valence-electron chi connectivity index (χ3n) is 0. The summed E-state index contributed by atoms with van der Waals surface area (Å²) in [7, 11) is 0. The molecule has 0 N–H and O–H groups in total. The molecule has 0 aliphatic carbocycles. The maximum Gasteiger partial charge on any atom is 2.00 e. The molecule has 0 rings (SSSR count). The van der Waals surface area contributed by atoms with Gasteiger partial charge in [0.05, 0.1) is 0 Å². The Morgan fingerprint density at radius 3 is 1.20 bits per heavy atom. The molecule has 0 aromatic rings. The Labute approximate surface area is 163 Å². The van der Waals surface area contributed by atoms with Crippen LogP contribution in [0.5, 0.6) is 0 Å². The topological polar surface area (TPSA) is 0 Å². The Kier molecular flexibility index (Phi) is 142. The molecule has 0 aromatic heterocycles. The van der Waals surface area contributed by atoms with Gasteiger partial charge in [-0.05, 0) is 0 Å². The molecule has 5 heteroatoms. The summed E-state index contributed by atoms with van der Waals surface area (Å²) < 4.78 is 0. The van der Waals surface area contributed by atoms with Gasteiger partial charge in [-0.3, -0.25) is 0 Å². The molecule has 0 spiro atoms. The van der Waals surface area contributed by atoms with Gasteiger partial charge in [0.2, 0.25) is 0 Å². The van der Waals surface area contributed by atoms with Gasteiger partial charge in [-0.2, -0.15) is 0 Å². The van der Waals surface area contributed by atoms with Crippen LogP contribution in [0.1, 0.15) is 2.85 Å². The van der Waals surface area contributed by atoms with Crippen molar-refractivity contribution in [1.82, 2.24) is 0 Å². The molecule has 0 nitrogen and oxygen atoms in total. The van der Waals surface area contributed by atoms with Crippen molar-refractivity contribution in [2.45, 2.75) is 0 Å². The van der Waals surface area contributed by atoms with E-state index in [-0.39, 0.29) is 168 Å². The minimum atomic E-state index is 0. The zero-order valence-electron chi connectivity index (χ0n) is 4.45. The van der Waals surface area contributed by atoms with E-state index in [0.717, 1.165) is 0 Å². The van der Waals surface area contributed by atoms with Crippen LogP contribution >= 0.6 is 0 Å². The minimum Gasteiger partial charge on any atom is -1.00 e. The van der Waals surface area contributed by atoms with Crippen LogP contribution in [0.2, 0.25) is 0 Å². The quantitative estimate of drug-likeness (QED) is 0.371. The fourth-order valence-corrected chi connectivity index (χ4v) is 0. The van der Waals surface area contributed by atoms with Crippen molar-refractivity contribution in [2.75, 3.05) is 0 Å². The SMILES string of the molecule is [Ca+2].[Ge].[H-].[H-].[Lu].[Sm].[Y]. The first-order valence-corrected chi connectivity index (χ1v) is 0. The molecule has 32 valence electrons. The molecular weight excluding hydrogens is 527 g/mol. The van der Waals surface area contributed by atoms with Crippen molar-refractivity contribution in [3.8, 4) is 0 Å². The maximum atomic E-state index is 0. The summed E-state index contributed by atoms with van der Waals surface area (Å²) in [4.78, 5) is 0. The molecule has 0 atom stereocenters. The first kappa shape index (κ1) is 31.4. The third kappa shape index (κ3) is 17.7. The summed E-state index contributed by atoms with van der Waals surface area (Å²) in [5.74, 6) is 0. The first-order valence-electron chi connectivity index (χ1n) is 0. The summed E-state index contributed by atoms with van der Waals surface area (Å²) in [6, 6.07) is 0. The van der Waals surface area contributed by atoms with Gasteiger partial charge in [-0.1, -0.05) is 0 Å². The minimum absolute atomic E-state index is 0. The van der Waals surface area contributed by atoms with Crippen LogP contribution in [0.3, 0.4) is 0 Å². The van der Waals surface area contributed by atoms with Crippen LogP contribution < -0.4 is 0 Å². The van der Waals surface area contributed by atoms with E-state index in [9.17, 15) is 0 Å². The summed E-state index contributed by atoms with van der Waals surface area (Å²) in [5.41, 5.74) is 0. The van der Waals surface area contributed by atoms with Crippen LogP contribution in [0, 0.1) is 77.3 Å². The van der Waals surface area contributed by atoms with Crippen LogP contribution in [0.15, 0.2) is 0 Å². The smallest absolute Gasteiger partial charge is 1.00 e. The fraction of sp³-hybridized carbons (Fsp3) is 0. The molecule has 0 saturated heterocycles. The van der Waals surface area contributed by atoms with Gasteiger partial charge in [0.15, 0.2) is 0 Å². The second-order valence-electron chi connectivity index (χ2n) is 0. The van der Waals surface area contributed by atoms with E-state index in [4.69, 9.17) is 0 Å². The van der Waals surface area contributed by atoms with Crippen molar-refractivity contribution in [3.05, 3.63) is 0 Å². The summed E-state index contributed by atoms with van der Waals surface area (Å²) in [6.07, 6.45) is 0. The van der Waals surface area contributed by atoms with Crippen LogP contribution in [-0.2, 0) is 32.7 Å². The Bertz CT molecular complexity index is 17.7. The molecule has 0 aliphatic rings. The largest absolute Gasteiger partial charge is 2.00 e. The summed E-state index contributed by atoms with van der Waals surface area (Å²) in [6.45, 7) is 0. The van der Waals surface area contributed by atoms with Gasteiger partial charge in [0.25, 0.3) is 0 Å². The van der Waals surface area contributed by atoms with Crippen molar-refractivity contribution in [1.29, 1.82) is 0 Å². The van der Waals surface area contributed by atoms with E-state index >= 15 is 0 Å². The van der Waals surface area contributed by atoms with Gasteiger partial charge in [0, 0.05) is 128 Å². The van der Waals surface area contributed by atoms with Gasteiger partial charge in [-0.25, -0.2) is 0 Å². The molecule has 0 unspecified atom stereocenters. The van der Waals surface area contributed by atoms with Crippen LogP contribution in [0.4, 0.5) is 0 Å². The van der Waals surface area contributed by atoms with Crippen LogP contribution in [0.25, 0.3) is 0 Å². The van der Waals surface area contributed by atoms with E-state index in [2.05, 4.69) is 0 Å². The molecule has 0 aliphatic heterocycles. The van der Waals surface area contributed by atoms with E-state index in [1.54, 1.807) is 0 Å². The number of hydrogen-bond acceptors (Lipinski definition) is 0. The average Bonchev–Trinajstić information content (AvgIpc) is 0. The Hall–Kier alpha value is 5.48. The molecule has 0 aromatic carbocycles. The second kappa shape index (κ2) is 22.7. The molecule has 5 heavy (non-hydrogen) atoms. The maximum absolute atomic E-state index is 0. The van der Waals surface area contributed by atoms with E-state index < -0.39 is 0 Å². The van der Waals surface area contributed by atoms with Gasteiger partial charge >= 0.3 is 37.7 Å². The molecule has 0 saturated carbocycles. The predicted molar refractivity (Wildman–Crippen MR) is 13.7 cm³/mol. The van der Waals surface area contributed by atoms with E-state index in [0.29, 0.717) is 0 Å². The van der Waals surface area contributed by atoms with Crippen molar-refractivity contribution in [3.63, 3.8) is 0 Å². The molecular formula is H2CaGeLuSmY. The van der Waals surface area contributed by atoms with Crippen molar-refractivity contribution < 1.29 is 113 Å². The molecule has 0 amide bonds. The number of rotatable bonds is 0. The number of hydrogen-bond donors (Lipinski definition) is 0. The van der Waals surface area contributed by atoms with E-state index in [1.165, 1.54) is 0 Å². The zero-order valence-corrected chi connectivity index (χ0v) is 13.9.